The molecule has 1 aromatic heterocycles. The third-order valence-electron chi connectivity index (χ3n) is 9.20. The summed E-state index contributed by atoms with van der Waals surface area (Å²) in [6.07, 6.45) is 4.27. The van der Waals surface area contributed by atoms with Crippen LogP contribution >= 0.6 is 0 Å². The van der Waals surface area contributed by atoms with Crippen LogP contribution in [-0.2, 0) is 22.5 Å². The number of morpholine rings is 1. The lowest BCUT2D eigenvalue weighted by molar-refractivity contribution is -0.128. The second kappa shape index (κ2) is 14.3. The number of hydrogen-bond acceptors (Lipinski definition) is 9. The lowest BCUT2D eigenvalue weighted by Gasteiger charge is -2.41. The van der Waals surface area contributed by atoms with Crippen LogP contribution in [0.1, 0.15) is 36.1 Å². The molecule has 6 rings (SSSR count). The molecular weight excluding hydrogens is 566 g/mol. The van der Waals surface area contributed by atoms with Crippen LogP contribution in [0, 0.1) is 18.3 Å². The number of aryl methyl sites for hydroxylation is 1. The number of carbonyl (C=O) groups is 1. The van der Waals surface area contributed by atoms with Crippen LogP contribution in [0.25, 0.3) is 10.8 Å². The molecule has 1 unspecified atom stereocenters. The van der Waals surface area contributed by atoms with Crippen LogP contribution in [-0.4, -0.2) is 97.4 Å². The van der Waals surface area contributed by atoms with E-state index in [0.717, 1.165) is 75.7 Å². The molecule has 1 atom stereocenters. The quantitative estimate of drug-likeness (QED) is 0.262. The Kier molecular flexibility index (Phi) is 9.77. The van der Waals surface area contributed by atoms with Crippen molar-refractivity contribution in [3.63, 3.8) is 0 Å². The van der Waals surface area contributed by atoms with Crippen molar-refractivity contribution in [2.45, 2.75) is 45.2 Å². The normalized spacial score (nSPS) is 19.1. The summed E-state index contributed by atoms with van der Waals surface area (Å²) in [5, 5.41) is 12.1. The third kappa shape index (κ3) is 6.90. The van der Waals surface area contributed by atoms with Crippen LogP contribution in [0.3, 0.4) is 0 Å². The predicted molar refractivity (Wildman–Crippen MR) is 176 cm³/mol. The van der Waals surface area contributed by atoms with Crippen LogP contribution in [0.4, 0.5) is 11.5 Å². The highest BCUT2D eigenvalue weighted by Crippen LogP contribution is 2.35. The summed E-state index contributed by atoms with van der Waals surface area (Å²) >= 11 is 0. The molecule has 3 aliphatic rings. The maximum atomic E-state index is 12.6. The van der Waals surface area contributed by atoms with Crippen LogP contribution in [0.15, 0.2) is 49.1 Å². The zero-order valence-electron chi connectivity index (χ0n) is 26.3. The Labute approximate surface area is 265 Å². The third-order valence-corrected chi connectivity index (χ3v) is 9.20. The summed E-state index contributed by atoms with van der Waals surface area (Å²) in [6.45, 7) is 14.0. The molecule has 3 aromatic rings. The maximum Gasteiger partial charge on any atom is 0.318 e. The Bertz CT molecular complexity index is 1560. The Morgan fingerprint density at radius 1 is 1.11 bits per heavy atom. The van der Waals surface area contributed by atoms with Gasteiger partial charge in [0.2, 0.25) is 5.91 Å². The number of hydrogen-bond donors (Lipinski definition) is 0. The van der Waals surface area contributed by atoms with E-state index >= 15 is 0 Å². The topological polar surface area (TPSA) is 98.1 Å². The number of amides is 1. The van der Waals surface area contributed by atoms with Crippen molar-refractivity contribution in [2.24, 2.45) is 0 Å². The van der Waals surface area contributed by atoms with Gasteiger partial charge in [-0.1, -0.05) is 36.9 Å². The first kappa shape index (κ1) is 30.8. The summed E-state index contributed by atoms with van der Waals surface area (Å²) in [4.78, 5) is 31.5. The molecule has 0 saturated carbocycles. The average Bonchev–Trinajstić information content (AvgIpc) is 3.29. The number of fused-ring (bicyclic) bond motifs is 2. The van der Waals surface area contributed by atoms with Gasteiger partial charge in [0.1, 0.15) is 5.82 Å². The first-order chi connectivity index (χ1) is 22.1. The number of carbonyl (C=O) groups excluding carboxylic acids is 1. The maximum absolute atomic E-state index is 12.6. The van der Waals surface area contributed by atoms with E-state index < -0.39 is 0 Å². The van der Waals surface area contributed by atoms with Gasteiger partial charge in [0.05, 0.1) is 50.6 Å². The van der Waals surface area contributed by atoms with Gasteiger partial charge in [-0.15, -0.1) is 0 Å². The van der Waals surface area contributed by atoms with E-state index in [1.54, 1.807) is 4.90 Å². The van der Waals surface area contributed by atoms with Crippen molar-refractivity contribution in [1.82, 2.24) is 19.8 Å². The molecule has 45 heavy (non-hydrogen) atoms. The second-order valence-electron chi connectivity index (χ2n) is 12.1. The molecule has 10 heteroatoms. The molecule has 0 spiro atoms. The first-order valence-corrected chi connectivity index (χ1v) is 16.2. The summed E-state index contributed by atoms with van der Waals surface area (Å²) in [6, 6.07) is 15.4. The highest BCUT2D eigenvalue weighted by atomic mass is 16.5. The molecule has 4 heterocycles. The number of aromatic nitrogens is 2. The van der Waals surface area contributed by atoms with E-state index in [-0.39, 0.29) is 18.4 Å². The van der Waals surface area contributed by atoms with Crippen LogP contribution in [0.2, 0.25) is 0 Å². The van der Waals surface area contributed by atoms with Crippen molar-refractivity contribution < 1.29 is 14.3 Å². The van der Waals surface area contributed by atoms with E-state index in [9.17, 15) is 10.1 Å². The molecule has 2 fully saturated rings. The number of ether oxygens (including phenoxy) is 2. The Morgan fingerprint density at radius 2 is 1.93 bits per heavy atom. The van der Waals surface area contributed by atoms with Gasteiger partial charge < -0.3 is 24.2 Å². The van der Waals surface area contributed by atoms with Gasteiger partial charge in [0, 0.05) is 62.5 Å². The van der Waals surface area contributed by atoms with Gasteiger partial charge in [-0.25, -0.2) is 0 Å². The Morgan fingerprint density at radius 3 is 2.73 bits per heavy atom. The summed E-state index contributed by atoms with van der Waals surface area (Å²) in [5.41, 5.74) is 4.59. The predicted octanol–water partition coefficient (Wildman–Crippen LogP) is 4.11. The van der Waals surface area contributed by atoms with E-state index in [2.05, 4.69) is 70.7 Å². The van der Waals surface area contributed by atoms with Crippen molar-refractivity contribution in [1.29, 1.82) is 5.26 Å². The number of benzene rings is 2. The summed E-state index contributed by atoms with van der Waals surface area (Å²) in [7, 11) is 0. The smallest absolute Gasteiger partial charge is 0.318 e. The van der Waals surface area contributed by atoms with Gasteiger partial charge in [0.15, 0.2) is 0 Å². The molecule has 1 amide bonds. The molecule has 3 aliphatic heterocycles. The molecular formula is C35H43N7O3. The van der Waals surface area contributed by atoms with E-state index in [4.69, 9.17) is 19.4 Å². The molecule has 2 saturated heterocycles. The molecule has 0 bridgehead atoms. The fourth-order valence-electron chi connectivity index (χ4n) is 6.90. The lowest BCUT2D eigenvalue weighted by Crippen LogP contribution is -2.55. The zero-order chi connectivity index (χ0) is 31.2. The molecule has 0 N–H and O–H groups in total. The minimum Gasteiger partial charge on any atom is -0.463 e. The molecule has 236 valence electrons. The van der Waals surface area contributed by atoms with E-state index in [0.29, 0.717) is 38.8 Å². The number of piperazine rings is 1. The largest absolute Gasteiger partial charge is 0.463 e. The van der Waals surface area contributed by atoms with Crippen molar-refractivity contribution in [2.75, 3.05) is 75.4 Å². The molecule has 10 nitrogen and oxygen atoms in total. The standard InChI is InChI=1S/C35H43N7O3/c1-3-32(43)42-18-17-41(24-28(42)13-14-36)34-29-11-6-16-40(31-12-5-10-27-9-4-8-26(2)33(27)31)25-30(29)37-35(38-34)45-21-7-15-39-19-22-44-23-20-39/h3-5,8-10,12,28H,1,6-7,11,13,15-25H2,2H3. The van der Waals surface area contributed by atoms with Gasteiger partial charge in [-0.05, 0) is 49.3 Å². The van der Waals surface area contributed by atoms with Crippen LogP contribution in [0.5, 0.6) is 6.01 Å². The lowest BCUT2D eigenvalue weighted by atomic mass is 10.0. The minimum absolute atomic E-state index is 0.137. The van der Waals surface area contributed by atoms with E-state index in [1.165, 1.54) is 28.1 Å². The van der Waals surface area contributed by atoms with Crippen molar-refractivity contribution in [3.05, 3.63) is 65.9 Å². The molecule has 0 aliphatic carbocycles. The highest BCUT2D eigenvalue weighted by molar-refractivity contribution is 5.97. The first-order valence-electron chi connectivity index (χ1n) is 16.2. The van der Waals surface area contributed by atoms with E-state index in [1.807, 2.05) is 0 Å². The Balaban J connectivity index is 1.30. The number of nitriles is 1. The highest BCUT2D eigenvalue weighted by Gasteiger charge is 2.33. The SMILES string of the molecule is C=CC(=O)N1CCN(c2nc(OCCCN3CCOCC3)nc3c2CCCN(c2cccc4cccc(C)c24)C3)CC1CC#N. The minimum atomic E-state index is -0.237. The van der Waals surface area contributed by atoms with Gasteiger partial charge in [-0.2, -0.15) is 15.2 Å². The fourth-order valence-corrected chi connectivity index (χ4v) is 6.90. The average molecular weight is 610 g/mol. The van der Waals surface area contributed by atoms with Gasteiger partial charge >= 0.3 is 6.01 Å². The summed E-state index contributed by atoms with van der Waals surface area (Å²) < 4.78 is 11.7. The Hall–Kier alpha value is -4.20. The monoisotopic (exact) mass is 609 g/mol. The van der Waals surface area contributed by atoms with Crippen molar-refractivity contribution >= 4 is 28.2 Å². The molecule has 0 radical (unpaired) electrons. The van der Waals surface area contributed by atoms with Crippen LogP contribution < -0.4 is 14.5 Å². The van der Waals surface area contributed by atoms with Crippen molar-refractivity contribution in [3.8, 4) is 12.1 Å². The van der Waals surface area contributed by atoms with Gasteiger partial charge in [0.25, 0.3) is 0 Å². The summed E-state index contributed by atoms with van der Waals surface area (Å²) in [5.74, 6) is 0.731. The number of nitrogens with zero attached hydrogens (tertiary/aromatic N) is 7. The fraction of sp³-hybridized carbons (Fsp3) is 0.486. The molecule has 2 aromatic carbocycles. The van der Waals surface area contributed by atoms with Gasteiger partial charge in [-0.3, -0.25) is 9.69 Å². The second-order valence-corrected chi connectivity index (χ2v) is 12.1. The zero-order valence-corrected chi connectivity index (χ0v) is 26.3. The number of anilines is 2. The number of rotatable bonds is 9.